The van der Waals surface area contributed by atoms with E-state index in [0.29, 0.717) is 25.1 Å². The zero-order chi connectivity index (χ0) is 16.4. The molecular formula is C16H21N3O4. The summed E-state index contributed by atoms with van der Waals surface area (Å²) in [6.45, 7) is 0.322. The summed E-state index contributed by atoms with van der Waals surface area (Å²) < 4.78 is 5.24. The normalized spacial score (nSPS) is 24.4. The number of hydrogen-bond acceptors (Lipinski definition) is 5. The fraction of sp³-hybridized carbons (Fsp3) is 0.562. The molecule has 0 aromatic carbocycles. The number of carboxylic acid groups (broad SMARTS) is 1. The molecule has 2 unspecified atom stereocenters. The number of methoxy groups -OCH3 is 1. The van der Waals surface area contributed by atoms with E-state index in [-0.39, 0.29) is 18.0 Å². The van der Waals surface area contributed by atoms with Crippen LogP contribution < -0.4 is 10.1 Å². The van der Waals surface area contributed by atoms with E-state index in [4.69, 9.17) is 4.74 Å². The third-order valence-electron chi connectivity index (χ3n) is 4.52. The molecule has 2 fully saturated rings. The molecule has 124 valence electrons. The van der Waals surface area contributed by atoms with Gasteiger partial charge in [0.25, 0.3) is 0 Å². The molecule has 1 aromatic rings. The van der Waals surface area contributed by atoms with Crippen LogP contribution >= 0.6 is 0 Å². The predicted octanol–water partition coefficient (Wildman–Crippen LogP) is 0.786. The number of carbonyl (C=O) groups is 2. The number of aromatic nitrogens is 1. The molecule has 1 aliphatic carbocycles. The third-order valence-corrected chi connectivity index (χ3v) is 4.52. The van der Waals surface area contributed by atoms with Crippen molar-refractivity contribution in [2.75, 3.05) is 7.11 Å². The first-order valence-electron chi connectivity index (χ1n) is 7.86. The van der Waals surface area contributed by atoms with Crippen molar-refractivity contribution in [2.24, 2.45) is 0 Å². The van der Waals surface area contributed by atoms with Gasteiger partial charge in [0.05, 0.1) is 13.2 Å². The van der Waals surface area contributed by atoms with Gasteiger partial charge in [-0.15, -0.1) is 0 Å². The molecule has 0 radical (unpaired) electrons. The summed E-state index contributed by atoms with van der Waals surface area (Å²) in [5, 5.41) is 12.2. The highest BCUT2D eigenvalue weighted by atomic mass is 16.5. The zero-order valence-electron chi connectivity index (χ0n) is 13.1. The van der Waals surface area contributed by atoms with Crippen LogP contribution in [0.2, 0.25) is 0 Å². The molecule has 7 heteroatoms. The summed E-state index contributed by atoms with van der Waals surface area (Å²) in [7, 11) is 1.57. The van der Waals surface area contributed by atoms with Crippen LogP contribution in [0.15, 0.2) is 18.5 Å². The SMILES string of the molecule is COc1ccncc1CNC(=O)C1CCC(C(=O)O)N1C1CC1. The van der Waals surface area contributed by atoms with Gasteiger partial charge in [-0.05, 0) is 31.7 Å². The molecule has 1 aromatic heterocycles. The minimum atomic E-state index is -0.832. The molecule has 1 aliphatic heterocycles. The fourth-order valence-electron chi connectivity index (χ4n) is 3.28. The standard InChI is InChI=1S/C16H21N3O4/c1-23-14-6-7-17-8-10(14)9-18-15(20)12-4-5-13(16(21)22)19(12)11-2-3-11/h6-8,11-13H,2-5,9H2,1H3,(H,18,20)(H,21,22). The predicted molar refractivity (Wildman–Crippen MR) is 81.9 cm³/mol. The Morgan fingerprint density at radius 1 is 1.35 bits per heavy atom. The number of nitrogens with zero attached hydrogens (tertiary/aromatic N) is 2. The van der Waals surface area contributed by atoms with Gasteiger partial charge < -0.3 is 15.2 Å². The van der Waals surface area contributed by atoms with Crippen molar-refractivity contribution in [3.05, 3.63) is 24.0 Å². The highest BCUT2D eigenvalue weighted by Gasteiger charge is 2.48. The van der Waals surface area contributed by atoms with Crippen molar-refractivity contribution < 1.29 is 19.4 Å². The average Bonchev–Trinajstić information content (AvgIpc) is 3.30. The maximum Gasteiger partial charge on any atom is 0.320 e. The van der Waals surface area contributed by atoms with E-state index < -0.39 is 12.0 Å². The Morgan fingerprint density at radius 2 is 2.09 bits per heavy atom. The molecule has 1 saturated heterocycles. The average molecular weight is 319 g/mol. The van der Waals surface area contributed by atoms with Gasteiger partial charge in [-0.2, -0.15) is 0 Å². The summed E-state index contributed by atoms with van der Waals surface area (Å²) in [4.78, 5) is 29.8. The molecule has 2 atom stereocenters. The summed E-state index contributed by atoms with van der Waals surface area (Å²) in [5.74, 6) is -0.276. The van der Waals surface area contributed by atoms with E-state index in [1.165, 1.54) is 0 Å². The minimum Gasteiger partial charge on any atom is -0.496 e. The number of rotatable bonds is 6. The second kappa shape index (κ2) is 6.54. The highest BCUT2D eigenvalue weighted by molar-refractivity contribution is 5.84. The molecule has 2 N–H and O–H groups in total. The van der Waals surface area contributed by atoms with Crippen LogP contribution in [-0.4, -0.2) is 52.1 Å². The van der Waals surface area contributed by atoms with E-state index in [2.05, 4.69) is 10.3 Å². The van der Waals surface area contributed by atoms with E-state index in [9.17, 15) is 14.7 Å². The lowest BCUT2D eigenvalue weighted by atomic mass is 10.2. The number of hydrogen-bond donors (Lipinski definition) is 2. The first-order valence-corrected chi connectivity index (χ1v) is 7.86. The van der Waals surface area contributed by atoms with E-state index in [1.54, 1.807) is 25.6 Å². The number of likely N-dealkylation sites (tertiary alicyclic amines) is 1. The van der Waals surface area contributed by atoms with E-state index in [0.717, 1.165) is 18.4 Å². The second-order valence-corrected chi connectivity index (χ2v) is 6.03. The van der Waals surface area contributed by atoms with Gasteiger partial charge in [-0.25, -0.2) is 0 Å². The number of pyridine rings is 1. The van der Waals surface area contributed by atoms with Crippen molar-refractivity contribution in [1.29, 1.82) is 0 Å². The molecule has 23 heavy (non-hydrogen) atoms. The van der Waals surface area contributed by atoms with Crippen molar-refractivity contribution in [2.45, 2.75) is 50.4 Å². The molecular weight excluding hydrogens is 298 g/mol. The molecule has 1 saturated carbocycles. The van der Waals surface area contributed by atoms with E-state index in [1.807, 2.05) is 4.90 Å². The van der Waals surface area contributed by atoms with Crippen molar-refractivity contribution in [1.82, 2.24) is 15.2 Å². The first-order chi connectivity index (χ1) is 11.1. The summed E-state index contributed by atoms with van der Waals surface area (Å²) >= 11 is 0. The van der Waals surface area contributed by atoms with Crippen molar-refractivity contribution in [3.63, 3.8) is 0 Å². The maximum absolute atomic E-state index is 12.5. The van der Waals surface area contributed by atoms with Crippen LogP contribution in [0, 0.1) is 0 Å². The summed E-state index contributed by atoms with van der Waals surface area (Å²) in [6.07, 6.45) is 6.36. The Hall–Kier alpha value is -2.15. The maximum atomic E-state index is 12.5. The molecule has 0 spiro atoms. The topological polar surface area (TPSA) is 91.8 Å². The third kappa shape index (κ3) is 3.29. The van der Waals surface area contributed by atoms with Gasteiger partial charge in [0.15, 0.2) is 0 Å². The van der Waals surface area contributed by atoms with Crippen LogP contribution in [0.5, 0.6) is 5.75 Å². The summed E-state index contributed by atoms with van der Waals surface area (Å²) in [6, 6.07) is 1.09. The van der Waals surface area contributed by atoms with Crippen LogP contribution in [0.1, 0.15) is 31.2 Å². The lowest BCUT2D eigenvalue weighted by Crippen LogP contribution is -2.49. The number of carbonyl (C=O) groups excluding carboxylic acids is 1. The van der Waals surface area contributed by atoms with Crippen molar-refractivity contribution >= 4 is 11.9 Å². The molecule has 3 rings (SSSR count). The smallest absolute Gasteiger partial charge is 0.320 e. The number of aliphatic carboxylic acids is 1. The quantitative estimate of drug-likeness (QED) is 0.805. The molecule has 1 amide bonds. The number of nitrogens with one attached hydrogen (secondary N) is 1. The number of amides is 1. The molecule has 2 heterocycles. The monoisotopic (exact) mass is 319 g/mol. The molecule has 0 bridgehead atoms. The van der Waals surface area contributed by atoms with Crippen LogP contribution in [0.25, 0.3) is 0 Å². The Morgan fingerprint density at radius 3 is 2.74 bits per heavy atom. The Bertz CT molecular complexity index is 603. The van der Waals surface area contributed by atoms with Gasteiger partial charge in [0.1, 0.15) is 11.8 Å². The Kier molecular flexibility index (Phi) is 4.47. The second-order valence-electron chi connectivity index (χ2n) is 6.03. The fourth-order valence-corrected chi connectivity index (χ4v) is 3.28. The van der Waals surface area contributed by atoms with Gasteiger partial charge in [0, 0.05) is 30.5 Å². The van der Waals surface area contributed by atoms with Gasteiger partial charge in [-0.1, -0.05) is 0 Å². The first kappa shape index (κ1) is 15.7. The van der Waals surface area contributed by atoms with Gasteiger partial charge >= 0.3 is 5.97 Å². The van der Waals surface area contributed by atoms with Crippen LogP contribution in [0.4, 0.5) is 0 Å². The number of ether oxygens (including phenoxy) is 1. The molecule has 2 aliphatic rings. The van der Waals surface area contributed by atoms with E-state index >= 15 is 0 Å². The van der Waals surface area contributed by atoms with Crippen molar-refractivity contribution in [3.8, 4) is 5.75 Å². The zero-order valence-corrected chi connectivity index (χ0v) is 13.1. The minimum absolute atomic E-state index is 0.119. The lowest BCUT2D eigenvalue weighted by Gasteiger charge is -2.27. The van der Waals surface area contributed by atoms with Gasteiger partial charge in [0.2, 0.25) is 5.91 Å². The number of carboxylic acids is 1. The largest absolute Gasteiger partial charge is 0.496 e. The van der Waals surface area contributed by atoms with Crippen LogP contribution in [-0.2, 0) is 16.1 Å². The summed E-state index contributed by atoms with van der Waals surface area (Å²) in [5.41, 5.74) is 0.800. The lowest BCUT2D eigenvalue weighted by molar-refractivity contribution is -0.143. The Labute approximate surface area is 134 Å². The Balaban J connectivity index is 1.65. The van der Waals surface area contributed by atoms with Crippen LogP contribution in [0.3, 0.4) is 0 Å². The molecule has 7 nitrogen and oxygen atoms in total. The van der Waals surface area contributed by atoms with Gasteiger partial charge in [-0.3, -0.25) is 19.5 Å². The highest BCUT2D eigenvalue weighted by Crippen LogP contribution is 2.37.